The van der Waals surface area contributed by atoms with E-state index in [2.05, 4.69) is 32.1 Å². The Morgan fingerprint density at radius 2 is 2.16 bits per heavy atom. The molecule has 1 N–H and O–H groups in total. The van der Waals surface area contributed by atoms with Gasteiger partial charge >= 0.3 is 0 Å². The number of hydrogen-bond acceptors (Lipinski definition) is 5. The summed E-state index contributed by atoms with van der Waals surface area (Å²) < 4.78 is 14.7. The molecule has 31 heavy (non-hydrogen) atoms. The third kappa shape index (κ3) is 4.44. The first kappa shape index (κ1) is 22.8. The number of amides is 1. The predicted molar refractivity (Wildman–Crippen MR) is 122 cm³/mol. The van der Waals surface area contributed by atoms with Crippen LogP contribution in [-0.4, -0.2) is 59.8 Å². The topological polar surface area (TPSA) is 73.7 Å². The summed E-state index contributed by atoms with van der Waals surface area (Å²) in [7, 11) is 1.69. The number of nitrogens with zero attached hydrogens (tertiary/aromatic N) is 5. The lowest BCUT2D eigenvalue weighted by Gasteiger charge is -2.37. The molecular weight excluding hydrogens is 395 g/mol. The monoisotopic (exact) mass is 426 g/mol. The van der Waals surface area contributed by atoms with Crippen LogP contribution >= 0.6 is 0 Å². The van der Waals surface area contributed by atoms with E-state index in [0.717, 1.165) is 37.3 Å². The fourth-order valence-corrected chi connectivity index (χ4v) is 3.99. The van der Waals surface area contributed by atoms with E-state index in [-0.39, 0.29) is 17.7 Å². The van der Waals surface area contributed by atoms with Crippen molar-refractivity contribution in [2.24, 2.45) is 4.99 Å². The molecule has 8 heteroatoms. The van der Waals surface area contributed by atoms with E-state index in [1.807, 2.05) is 26.8 Å². The molecule has 0 saturated carbocycles. The van der Waals surface area contributed by atoms with Gasteiger partial charge in [0.05, 0.1) is 22.6 Å². The summed E-state index contributed by atoms with van der Waals surface area (Å²) in [5.74, 6) is 0.642. The Labute approximate surface area is 183 Å². The average Bonchev–Trinajstić information content (AvgIpc) is 2.74. The fraction of sp³-hybridized carbons (Fsp3) is 0.478. The molecule has 0 radical (unpaired) electrons. The molecular formula is C23H31FN6O. The lowest BCUT2D eigenvalue weighted by molar-refractivity contribution is -0.106. The van der Waals surface area contributed by atoms with Crippen LogP contribution in [0.5, 0.6) is 0 Å². The van der Waals surface area contributed by atoms with E-state index in [9.17, 15) is 9.18 Å². The van der Waals surface area contributed by atoms with Gasteiger partial charge in [0, 0.05) is 38.9 Å². The Morgan fingerprint density at radius 1 is 1.42 bits per heavy atom. The number of rotatable bonds is 5. The normalized spacial score (nSPS) is 17.2. The van der Waals surface area contributed by atoms with Gasteiger partial charge in [0.1, 0.15) is 11.7 Å². The molecule has 2 aromatic rings. The van der Waals surface area contributed by atoms with E-state index in [0.29, 0.717) is 22.9 Å². The first-order valence-corrected chi connectivity index (χ1v) is 10.6. The minimum absolute atomic E-state index is 0.0925. The number of piperazine rings is 1. The van der Waals surface area contributed by atoms with E-state index in [1.165, 1.54) is 11.0 Å². The molecule has 3 heterocycles. The van der Waals surface area contributed by atoms with Crippen LogP contribution in [0.1, 0.15) is 49.2 Å². The number of nitrogens with one attached hydrogen (secondary N) is 1. The van der Waals surface area contributed by atoms with E-state index < -0.39 is 5.82 Å². The van der Waals surface area contributed by atoms with Gasteiger partial charge in [-0.1, -0.05) is 13.8 Å². The van der Waals surface area contributed by atoms with E-state index >= 15 is 0 Å². The average molecular weight is 427 g/mol. The van der Waals surface area contributed by atoms with Crippen LogP contribution in [0.2, 0.25) is 0 Å². The Morgan fingerprint density at radius 3 is 2.77 bits per heavy atom. The smallest absolute Gasteiger partial charge is 0.219 e. The van der Waals surface area contributed by atoms with Crippen LogP contribution in [0, 0.1) is 19.7 Å². The van der Waals surface area contributed by atoms with Gasteiger partial charge in [0.25, 0.3) is 0 Å². The molecule has 2 aromatic heterocycles. The van der Waals surface area contributed by atoms with Crippen molar-refractivity contribution >= 4 is 23.8 Å². The first-order valence-electron chi connectivity index (χ1n) is 10.6. The van der Waals surface area contributed by atoms with Gasteiger partial charge in [-0.05, 0) is 44.4 Å². The molecule has 0 spiro atoms. The Kier molecular flexibility index (Phi) is 7.00. The maximum atomic E-state index is 14.7. The number of carbonyl (C=O) groups excluding carboxylic acids is 1. The summed E-state index contributed by atoms with van der Waals surface area (Å²) in [5, 5.41) is 3.36. The summed E-state index contributed by atoms with van der Waals surface area (Å²) in [6.07, 6.45) is 2.47. The lowest BCUT2D eigenvalue weighted by Crippen LogP contribution is -2.52. The molecule has 0 aromatic carbocycles. The highest BCUT2D eigenvalue weighted by Crippen LogP contribution is 2.35. The zero-order chi connectivity index (χ0) is 22.7. The number of carbonyl (C=O) groups is 1. The molecule has 1 aliphatic rings. The molecule has 7 nitrogen and oxygen atoms in total. The van der Waals surface area contributed by atoms with Crippen LogP contribution < -0.4 is 10.2 Å². The van der Waals surface area contributed by atoms with Crippen molar-refractivity contribution < 1.29 is 9.18 Å². The largest absolute Gasteiger partial charge is 0.351 e. The van der Waals surface area contributed by atoms with Crippen molar-refractivity contribution in [3.05, 3.63) is 46.7 Å². The molecule has 166 valence electrons. The van der Waals surface area contributed by atoms with Gasteiger partial charge in [0.2, 0.25) is 6.41 Å². The summed E-state index contributed by atoms with van der Waals surface area (Å²) in [5.41, 5.74) is 3.07. The van der Waals surface area contributed by atoms with Gasteiger partial charge in [-0.15, -0.1) is 0 Å². The highest BCUT2D eigenvalue weighted by atomic mass is 19.1. The van der Waals surface area contributed by atoms with Crippen molar-refractivity contribution in [2.75, 3.05) is 31.6 Å². The van der Waals surface area contributed by atoms with Crippen molar-refractivity contribution in [2.45, 2.75) is 46.6 Å². The maximum Gasteiger partial charge on any atom is 0.219 e. The third-order valence-corrected chi connectivity index (χ3v) is 5.63. The second-order valence-electron chi connectivity index (χ2n) is 8.21. The van der Waals surface area contributed by atoms with Crippen molar-refractivity contribution in [3.8, 4) is 0 Å². The van der Waals surface area contributed by atoms with E-state index in [4.69, 9.17) is 0 Å². The van der Waals surface area contributed by atoms with Crippen molar-refractivity contribution in [1.82, 2.24) is 20.2 Å². The van der Waals surface area contributed by atoms with Crippen LogP contribution in [-0.2, 0) is 4.79 Å². The number of aromatic nitrogens is 2. The van der Waals surface area contributed by atoms with Crippen LogP contribution in [0.15, 0.2) is 23.3 Å². The van der Waals surface area contributed by atoms with Gasteiger partial charge in [-0.25, -0.2) is 9.37 Å². The first-order chi connectivity index (χ1) is 14.8. The number of aliphatic imine (C=N–C) groups is 1. The molecule has 1 fully saturated rings. The number of halogens is 1. The molecule has 0 aliphatic carbocycles. The van der Waals surface area contributed by atoms with Crippen LogP contribution in [0.3, 0.4) is 0 Å². The summed E-state index contributed by atoms with van der Waals surface area (Å²) in [4.78, 5) is 29.6. The van der Waals surface area contributed by atoms with Crippen molar-refractivity contribution in [1.29, 1.82) is 0 Å². The Balaban J connectivity index is 2.24. The van der Waals surface area contributed by atoms with E-state index in [1.54, 1.807) is 20.2 Å². The Hall–Kier alpha value is -2.87. The summed E-state index contributed by atoms with van der Waals surface area (Å²) >= 11 is 0. The van der Waals surface area contributed by atoms with Gasteiger partial charge in [-0.3, -0.25) is 19.7 Å². The van der Waals surface area contributed by atoms with Gasteiger partial charge in [0.15, 0.2) is 5.82 Å². The minimum Gasteiger partial charge on any atom is -0.351 e. The second-order valence-corrected chi connectivity index (χ2v) is 8.21. The fourth-order valence-electron chi connectivity index (χ4n) is 3.99. The number of pyridine rings is 2. The lowest BCUT2D eigenvalue weighted by atomic mass is 10.0. The number of amidine groups is 1. The Bertz CT molecular complexity index is 990. The number of anilines is 2. The molecule has 1 atom stereocenters. The second kappa shape index (κ2) is 9.51. The standard InChI is InChI=1S/C23H31FN6O/c1-14(2)20-21(15(3)7-8-27-20)30(13-31)23-18(11-19(24)17(5)28-23)22(25-6)29-10-9-26-12-16(29)4/h7-8,11,13-14,16,26H,9-10,12H2,1-6H3. The molecule has 1 saturated heterocycles. The number of hydrogen-bond donors (Lipinski definition) is 1. The highest BCUT2D eigenvalue weighted by molar-refractivity contribution is 6.06. The minimum atomic E-state index is -0.430. The molecule has 1 aliphatic heterocycles. The zero-order valence-electron chi connectivity index (χ0n) is 19.1. The molecule has 1 unspecified atom stereocenters. The highest BCUT2D eigenvalue weighted by Gasteiger charge is 2.29. The zero-order valence-corrected chi connectivity index (χ0v) is 19.1. The maximum absolute atomic E-state index is 14.7. The summed E-state index contributed by atoms with van der Waals surface area (Å²) in [6.45, 7) is 12.0. The molecule has 1 amide bonds. The molecule has 0 bridgehead atoms. The third-order valence-electron chi connectivity index (χ3n) is 5.63. The SMILES string of the molecule is CN=C(c1cc(F)c(C)nc1N(C=O)c1c(C)ccnc1C(C)C)N1CCNCC1C. The van der Waals surface area contributed by atoms with Gasteiger partial charge < -0.3 is 10.2 Å². The number of aryl methyl sites for hydroxylation is 2. The van der Waals surface area contributed by atoms with Crippen LogP contribution in [0.4, 0.5) is 15.9 Å². The van der Waals surface area contributed by atoms with Gasteiger partial charge in [-0.2, -0.15) is 0 Å². The molecule has 3 rings (SSSR count). The summed E-state index contributed by atoms with van der Waals surface area (Å²) in [6, 6.07) is 3.47. The quantitative estimate of drug-likeness (QED) is 0.451. The van der Waals surface area contributed by atoms with Crippen LogP contribution in [0.25, 0.3) is 0 Å². The predicted octanol–water partition coefficient (Wildman–Crippen LogP) is 3.32. The van der Waals surface area contributed by atoms with Crippen molar-refractivity contribution in [3.63, 3.8) is 0 Å².